The van der Waals surface area contributed by atoms with Gasteiger partial charge in [0, 0.05) is 0 Å². The highest BCUT2D eigenvalue weighted by Gasteiger charge is 2.43. The number of likely N-dealkylation sites (tertiary alicyclic amines) is 1. The molecule has 1 heterocycles. The van der Waals surface area contributed by atoms with Gasteiger partial charge in [0.15, 0.2) is 0 Å². The van der Waals surface area contributed by atoms with Gasteiger partial charge < -0.3 is 9.84 Å². The molecule has 2 atom stereocenters. The minimum Gasteiger partial charge on any atom is -0.449 e. The number of aliphatic hydroxyl groups is 1. The molecule has 1 fully saturated rings. The first-order valence-corrected chi connectivity index (χ1v) is 5.64. The Labute approximate surface area is 95.4 Å². The van der Waals surface area contributed by atoms with Gasteiger partial charge in [0.25, 0.3) is 0 Å². The number of ether oxygens (including phenoxy) is 1. The second kappa shape index (κ2) is 5.30. The molecule has 0 saturated carbocycles. The number of imide groups is 1. The molecule has 1 aliphatic heterocycles. The van der Waals surface area contributed by atoms with Crippen molar-refractivity contribution in [1.82, 2.24) is 4.90 Å². The fourth-order valence-corrected chi connectivity index (χ4v) is 1.95. The summed E-state index contributed by atoms with van der Waals surface area (Å²) in [5.74, 6) is -0.0425. The molecular formula is C11H19NO4. The summed E-state index contributed by atoms with van der Waals surface area (Å²) in [5.41, 5.74) is 0. The maximum absolute atomic E-state index is 11.6. The zero-order valence-electron chi connectivity index (χ0n) is 9.97. The predicted molar refractivity (Wildman–Crippen MR) is 57.7 cm³/mol. The molecule has 5 nitrogen and oxygen atoms in total. The number of rotatable bonds is 3. The first kappa shape index (κ1) is 13.0. The van der Waals surface area contributed by atoms with E-state index in [2.05, 4.69) is 0 Å². The van der Waals surface area contributed by atoms with Crippen molar-refractivity contribution in [3.05, 3.63) is 0 Å². The third kappa shape index (κ3) is 2.72. The molecule has 0 aliphatic carbocycles. The van der Waals surface area contributed by atoms with Crippen LogP contribution in [-0.4, -0.2) is 40.8 Å². The molecule has 0 unspecified atom stereocenters. The molecular weight excluding hydrogens is 210 g/mol. The van der Waals surface area contributed by atoms with Crippen LogP contribution in [0.3, 0.4) is 0 Å². The maximum Gasteiger partial charge on any atom is 0.416 e. The Morgan fingerprint density at radius 3 is 2.75 bits per heavy atom. The van der Waals surface area contributed by atoms with E-state index in [-0.39, 0.29) is 18.9 Å². The van der Waals surface area contributed by atoms with Gasteiger partial charge in [0.1, 0.15) is 0 Å². The van der Waals surface area contributed by atoms with Crippen LogP contribution in [0.1, 0.15) is 33.6 Å². The summed E-state index contributed by atoms with van der Waals surface area (Å²) < 4.78 is 4.81. The topological polar surface area (TPSA) is 66.8 Å². The Hall–Kier alpha value is -1.10. The zero-order chi connectivity index (χ0) is 12.3. The molecule has 1 saturated heterocycles. The third-order valence-electron chi connectivity index (χ3n) is 2.61. The zero-order valence-corrected chi connectivity index (χ0v) is 9.97. The van der Waals surface area contributed by atoms with Gasteiger partial charge in [-0.3, -0.25) is 4.79 Å². The van der Waals surface area contributed by atoms with Gasteiger partial charge in [0.2, 0.25) is 5.91 Å². The van der Waals surface area contributed by atoms with E-state index in [0.717, 1.165) is 4.90 Å². The van der Waals surface area contributed by atoms with Crippen molar-refractivity contribution < 1.29 is 19.4 Å². The number of amides is 2. The van der Waals surface area contributed by atoms with Crippen molar-refractivity contribution in [2.75, 3.05) is 6.61 Å². The molecule has 92 valence electrons. The van der Waals surface area contributed by atoms with E-state index in [0.29, 0.717) is 12.3 Å². The summed E-state index contributed by atoms with van der Waals surface area (Å²) in [4.78, 5) is 24.2. The van der Waals surface area contributed by atoms with Gasteiger partial charge >= 0.3 is 6.09 Å². The lowest BCUT2D eigenvalue weighted by molar-refractivity contribution is -0.127. The van der Waals surface area contributed by atoms with E-state index in [9.17, 15) is 14.7 Å². The lowest BCUT2D eigenvalue weighted by atomic mass is 10.0. The van der Waals surface area contributed by atoms with Crippen LogP contribution in [0.2, 0.25) is 0 Å². The average Bonchev–Trinajstić information content (AvgIpc) is 2.41. The minimum atomic E-state index is -0.765. The Morgan fingerprint density at radius 1 is 1.62 bits per heavy atom. The molecule has 0 radical (unpaired) electrons. The summed E-state index contributed by atoms with van der Waals surface area (Å²) in [6.07, 6.45) is -0.795. The van der Waals surface area contributed by atoms with Gasteiger partial charge in [-0.05, 0) is 19.3 Å². The molecule has 0 aromatic carbocycles. The molecule has 0 aromatic heterocycles. The summed E-state index contributed by atoms with van der Waals surface area (Å²) >= 11 is 0. The fourth-order valence-electron chi connectivity index (χ4n) is 1.95. The van der Waals surface area contributed by atoms with Gasteiger partial charge in [-0.25, -0.2) is 9.69 Å². The van der Waals surface area contributed by atoms with E-state index >= 15 is 0 Å². The van der Waals surface area contributed by atoms with Crippen molar-refractivity contribution in [1.29, 1.82) is 0 Å². The van der Waals surface area contributed by atoms with Gasteiger partial charge in [0.05, 0.1) is 25.2 Å². The van der Waals surface area contributed by atoms with Crippen LogP contribution in [0.15, 0.2) is 0 Å². The largest absolute Gasteiger partial charge is 0.449 e. The van der Waals surface area contributed by atoms with E-state index in [4.69, 9.17) is 4.74 Å². The van der Waals surface area contributed by atoms with Crippen LogP contribution in [0, 0.1) is 5.92 Å². The van der Waals surface area contributed by atoms with Crippen molar-refractivity contribution in [2.24, 2.45) is 5.92 Å². The van der Waals surface area contributed by atoms with E-state index in [1.165, 1.54) is 0 Å². The molecule has 0 aromatic rings. The smallest absolute Gasteiger partial charge is 0.416 e. The lowest BCUT2D eigenvalue weighted by Gasteiger charge is -2.25. The number of carbonyl (C=O) groups is 2. The van der Waals surface area contributed by atoms with Crippen LogP contribution >= 0.6 is 0 Å². The standard InChI is InChI=1S/C11H19NO4/c1-4-16-11(15)12-8(5-7(2)3)9(13)6-10(12)14/h7-9,13H,4-6H2,1-3H3/t8-,9-/m0/s1. The highest BCUT2D eigenvalue weighted by atomic mass is 16.6. The number of hydrogen-bond acceptors (Lipinski definition) is 4. The molecule has 2 amide bonds. The monoisotopic (exact) mass is 229 g/mol. The lowest BCUT2D eigenvalue weighted by Crippen LogP contribution is -2.42. The van der Waals surface area contributed by atoms with Crippen LogP contribution in [0.4, 0.5) is 4.79 Å². The fraction of sp³-hybridized carbons (Fsp3) is 0.818. The van der Waals surface area contributed by atoms with Gasteiger partial charge in [-0.1, -0.05) is 13.8 Å². The molecule has 1 aliphatic rings. The highest BCUT2D eigenvalue weighted by Crippen LogP contribution is 2.25. The van der Waals surface area contributed by atoms with Crippen molar-refractivity contribution >= 4 is 12.0 Å². The van der Waals surface area contributed by atoms with Crippen LogP contribution < -0.4 is 0 Å². The normalized spacial score (nSPS) is 25.3. The van der Waals surface area contributed by atoms with Crippen molar-refractivity contribution in [3.63, 3.8) is 0 Å². The summed E-state index contributed by atoms with van der Waals surface area (Å²) in [5, 5.41) is 9.73. The molecule has 5 heteroatoms. The molecule has 0 spiro atoms. The first-order chi connectivity index (χ1) is 7.47. The van der Waals surface area contributed by atoms with Crippen molar-refractivity contribution in [3.8, 4) is 0 Å². The van der Waals surface area contributed by atoms with E-state index in [1.54, 1.807) is 6.92 Å². The molecule has 1 N–H and O–H groups in total. The van der Waals surface area contributed by atoms with Crippen LogP contribution in [0.5, 0.6) is 0 Å². The van der Waals surface area contributed by atoms with E-state index in [1.807, 2.05) is 13.8 Å². The Bertz CT molecular complexity index is 277. The predicted octanol–water partition coefficient (Wildman–Crippen LogP) is 1.15. The number of carbonyl (C=O) groups excluding carboxylic acids is 2. The second-order valence-electron chi connectivity index (χ2n) is 4.43. The molecule has 1 rings (SSSR count). The SMILES string of the molecule is CCOC(=O)N1C(=O)C[C@H](O)[C@@H]1CC(C)C. The quantitative estimate of drug-likeness (QED) is 0.788. The van der Waals surface area contributed by atoms with Gasteiger partial charge in [-0.15, -0.1) is 0 Å². The summed E-state index contributed by atoms with van der Waals surface area (Å²) in [6.45, 7) is 5.89. The number of nitrogens with zero attached hydrogens (tertiary/aromatic N) is 1. The van der Waals surface area contributed by atoms with Crippen molar-refractivity contribution in [2.45, 2.75) is 45.8 Å². The minimum absolute atomic E-state index is 0.0101. The highest BCUT2D eigenvalue weighted by molar-refractivity contribution is 5.94. The molecule has 16 heavy (non-hydrogen) atoms. The first-order valence-electron chi connectivity index (χ1n) is 5.64. The number of hydrogen-bond donors (Lipinski definition) is 1. The maximum atomic E-state index is 11.6. The molecule has 0 bridgehead atoms. The second-order valence-corrected chi connectivity index (χ2v) is 4.43. The number of aliphatic hydroxyl groups excluding tert-OH is 1. The van der Waals surface area contributed by atoms with Crippen LogP contribution in [-0.2, 0) is 9.53 Å². The Balaban J connectivity index is 2.77. The third-order valence-corrected chi connectivity index (χ3v) is 2.61. The van der Waals surface area contributed by atoms with E-state index < -0.39 is 18.2 Å². The van der Waals surface area contributed by atoms with Gasteiger partial charge in [-0.2, -0.15) is 0 Å². The summed E-state index contributed by atoms with van der Waals surface area (Å²) in [7, 11) is 0. The van der Waals surface area contributed by atoms with Crippen LogP contribution in [0.25, 0.3) is 0 Å². The Morgan fingerprint density at radius 2 is 2.25 bits per heavy atom. The summed E-state index contributed by atoms with van der Waals surface area (Å²) in [6, 6.07) is -0.438. The Kier molecular flexibility index (Phi) is 4.29. The average molecular weight is 229 g/mol.